The van der Waals surface area contributed by atoms with Gasteiger partial charge < -0.3 is 19.7 Å². The highest BCUT2D eigenvalue weighted by Gasteiger charge is 2.35. The molecule has 0 saturated carbocycles. The highest BCUT2D eigenvalue weighted by Crippen LogP contribution is 2.19. The number of piperazine rings is 1. The van der Waals surface area contributed by atoms with Crippen molar-refractivity contribution in [3.8, 4) is 5.75 Å². The van der Waals surface area contributed by atoms with E-state index in [1.54, 1.807) is 24.3 Å². The van der Waals surface area contributed by atoms with Crippen LogP contribution in [0, 0.1) is 5.92 Å². The van der Waals surface area contributed by atoms with E-state index >= 15 is 0 Å². The van der Waals surface area contributed by atoms with Crippen molar-refractivity contribution in [1.82, 2.24) is 10.2 Å². The number of hydrogen-bond acceptors (Lipinski definition) is 5. The molecule has 152 valence electrons. The third-order valence-electron chi connectivity index (χ3n) is 4.10. The van der Waals surface area contributed by atoms with Crippen LogP contribution in [0.5, 0.6) is 5.75 Å². The van der Waals surface area contributed by atoms with Crippen molar-refractivity contribution in [3.63, 3.8) is 0 Å². The summed E-state index contributed by atoms with van der Waals surface area (Å²) in [5.74, 6) is -0.424. The number of carbonyl (C=O) groups excluding carboxylic acids is 3. The molecule has 7 nitrogen and oxygen atoms in total. The molecule has 0 spiro atoms. The summed E-state index contributed by atoms with van der Waals surface area (Å²) in [5, 5.41) is 2.71. The van der Waals surface area contributed by atoms with Gasteiger partial charge in [-0.2, -0.15) is 0 Å². The van der Waals surface area contributed by atoms with E-state index in [2.05, 4.69) is 11.9 Å². The summed E-state index contributed by atoms with van der Waals surface area (Å²) < 4.78 is 10.8. The first-order valence-electron chi connectivity index (χ1n) is 9.39. The van der Waals surface area contributed by atoms with Gasteiger partial charge in [-0.05, 0) is 36.6 Å². The van der Waals surface area contributed by atoms with Crippen molar-refractivity contribution in [2.75, 3.05) is 26.3 Å². The monoisotopic (exact) mass is 388 g/mol. The molecule has 0 bridgehead atoms. The standard InChI is InChI=1S/C21H28N2O5/c1-14(2)12-27-17-7-5-6-16(10-17)21(26)23-9-8-22-20(25)18(23)11-19(24)28-13-15(3)4/h5-7,10,15,18H,1,8-9,11-13H2,2-4H3,(H,22,25). The van der Waals surface area contributed by atoms with Gasteiger partial charge in [-0.1, -0.05) is 26.5 Å². The Labute approximate surface area is 165 Å². The predicted molar refractivity (Wildman–Crippen MR) is 105 cm³/mol. The number of nitrogens with zero attached hydrogens (tertiary/aromatic N) is 1. The van der Waals surface area contributed by atoms with Crippen LogP contribution in [-0.2, 0) is 14.3 Å². The second-order valence-electron chi connectivity index (χ2n) is 7.36. The van der Waals surface area contributed by atoms with E-state index in [1.165, 1.54) is 4.90 Å². The lowest BCUT2D eigenvalue weighted by atomic mass is 10.1. The third kappa shape index (κ3) is 6.11. The zero-order valence-electron chi connectivity index (χ0n) is 16.7. The van der Waals surface area contributed by atoms with Crippen molar-refractivity contribution >= 4 is 17.8 Å². The van der Waals surface area contributed by atoms with Gasteiger partial charge in [-0.25, -0.2) is 0 Å². The normalized spacial score (nSPS) is 16.5. The van der Waals surface area contributed by atoms with Crippen molar-refractivity contribution in [1.29, 1.82) is 0 Å². The first-order valence-corrected chi connectivity index (χ1v) is 9.39. The molecule has 1 aliphatic rings. The summed E-state index contributed by atoms with van der Waals surface area (Å²) in [5.41, 5.74) is 1.26. The first-order chi connectivity index (χ1) is 13.3. The zero-order valence-corrected chi connectivity index (χ0v) is 16.7. The lowest BCUT2D eigenvalue weighted by molar-refractivity contribution is -0.148. The number of esters is 1. The minimum atomic E-state index is -0.888. The first kappa shape index (κ1) is 21.5. The van der Waals surface area contributed by atoms with E-state index in [9.17, 15) is 14.4 Å². The average molecular weight is 388 g/mol. The Bertz CT molecular complexity index is 744. The molecule has 0 aromatic heterocycles. The molecule has 2 rings (SSSR count). The van der Waals surface area contributed by atoms with Gasteiger partial charge in [0.1, 0.15) is 18.4 Å². The van der Waals surface area contributed by atoms with Crippen LogP contribution in [0.15, 0.2) is 36.4 Å². The number of amides is 2. The number of hydrogen-bond donors (Lipinski definition) is 1. The lowest BCUT2D eigenvalue weighted by Gasteiger charge is -2.34. The van der Waals surface area contributed by atoms with Crippen LogP contribution in [0.2, 0.25) is 0 Å². The van der Waals surface area contributed by atoms with Crippen LogP contribution in [0.3, 0.4) is 0 Å². The molecular weight excluding hydrogens is 360 g/mol. The molecule has 7 heteroatoms. The van der Waals surface area contributed by atoms with Crippen LogP contribution in [0.25, 0.3) is 0 Å². The maximum Gasteiger partial charge on any atom is 0.308 e. The van der Waals surface area contributed by atoms with Gasteiger partial charge in [0.15, 0.2) is 0 Å². The average Bonchev–Trinajstić information content (AvgIpc) is 2.66. The van der Waals surface area contributed by atoms with Crippen LogP contribution < -0.4 is 10.1 Å². The molecule has 28 heavy (non-hydrogen) atoms. The number of rotatable bonds is 8. The third-order valence-corrected chi connectivity index (χ3v) is 4.10. The molecule has 1 unspecified atom stereocenters. The Morgan fingerprint density at radius 3 is 2.79 bits per heavy atom. The predicted octanol–water partition coefficient (Wildman–Crippen LogP) is 2.17. The smallest absolute Gasteiger partial charge is 0.308 e. The molecule has 1 fully saturated rings. The molecule has 1 atom stereocenters. The summed E-state index contributed by atoms with van der Waals surface area (Å²) >= 11 is 0. The van der Waals surface area contributed by atoms with E-state index in [4.69, 9.17) is 9.47 Å². The second kappa shape index (κ2) is 9.92. The van der Waals surface area contributed by atoms with Gasteiger partial charge >= 0.3 is 5.97 Å². The van der Waals surface area contributed by atoms with E-state index < -0.39 is 12.0 Å². The lowest BCUT2D eigenvalue weighted by Crippen LogP contribution is -2.57. The highest BCUT2D eigenvalue weighted by molar-refractivity contribution is 5.99. The van der Waals surface area contributed by atoms with Gasteiger partial charge in [0.25, 0.3) is 5.91 Å². The highest BCUT2D eigenvalue weighted by atomic mass is 16.5. The Hall–Kier alpha value is -2.83. The maximum absolute atomic E-state index is 13.0. The minimum Gasteiger partial charge on any atom is -0.489 e. The van der Waals surface area contributed by atoms with Crippen molar-refractivity contribution in [2.24, 2.45) is 5.92 Å². The van der Waals surface area contributed by atoms with Crippen molar-refractivity contribution in [3.05, 3.63) is 42.0 Å². The molecule has 1 heterocycles. The summed E-state index contributed by atoms with van der Waals surface area (Å²) in [7, 11) is 0. The number of benzene rings is 1. The molecule has 0 radical (unpaired) electrons. The van der Waals surface area contributed by atoms with Crippen molar-refractivity contribution in [2.45, 2.75) is 33.2 Å². The van der Waals surface area contributed by atoms with Crippen LogP contribution in [0.4, 0.5) is 0 Å². The quantitative estimate of drug-likeness (QED) is 0.545. The number of carbonyl (C=O) groups is 3. The van der Waals surface area contributed by atoms with Gasteiger partial charge in [0.05, 0.1) is 13.0 Å². The Morgan fingerprint density at radius 1 is 1.36 bits per heavy atom. The Kier molecular flexibility index (Phi) is 7.61. The molecular formula is C21H28N2O5. The Morgan fingerprint density at radius 2 is 2.11 bits per heavy atom. The largest absolute Gasteiger partial charge is 0.489 e. The van der Waals surface area contributed by atoms with E-state index in [0.717, 1.165) is 5.57 Å². The van der Waals surface area contributed by atoms with Gasteiger partial charge in [0, 0.05) is 18.7 Å². The summed E-state index contributed by atoms with van der Waals surface area (Å²) in [6.07, 6.45) is -0.170. The minimum absolute atomic E-state index is 0.170. The molecule has 1 aliphatic heterocycles. The fraction of sp³-hybridized carbons (Fsp3) is 0.476. The summed E-state index contributed by atoms with van der Waals surface area (Å²) in [6, 6.07) is 5.88. The van der Waals surface area contributed by atoms with Crippen molar-refractivity contribution < 1.29 is 23.9 Å². The molecule has 2 amide bonds. The molecule has 1 saturated heterocycles. The number of ether oxygens (including phenoxy) is 2. The molecule has 1 aromatic carbocycles. The summed E-state index contributed by atoms with van der Waals surface area (Å²) in [6.45, 7) is 10.8. The van der Waals surface area contributed by atoms with Gasteiger partial charge in [0.2, 0.25) is 5.91 Å². The summed E-state index contributed by atoms with van der Waals surface area (Å²) in [4.78, 5) is 38.9. The van der Waals surface area contributed by atoms with E-state index in [-0.39, 0.29) is 30.8 Å². The van der Waals surface area contributed by atoms with E-state index in [0.29, 0.717) is 31.0 Å². The topological polar surface area (TPSA) is 84.9 Å². The SMILES string of the molecule is C=C(C)COc1cccc(C(=O)N2CCNC(=O)C2CC(=O)OCC(C)C)c1. The van der Waals surface area contributed by atoms with E-state index in [1.807, 2.05) is 20.8 Å². The molecule has 0 aliphatic carbocycles. The second-order valence-corrected chi connectivity index (χ2v) is 7.36. The fourth-order valence-corrected chi connectivity index (χ4v) is 2.73. The fourth-order valence-electron chi connectivity index (χ4n) is 2.73. The van der Waals surface area contributed by atoms with Crippen LogP contribution in [0.1, 0.15) is 37.6 Å². The maximum atomic E-state index is 13.0. The molecule has 1 N–H and O–H groups in total. The zero-order chi connectivity index (χ0) is 20.7. The number of nitrogens with one attached hydrogen (secondary N) is 1. The van der Waals surface area contributed by atoms with Gasteiger partial charge in [-0.3, -0.25) is 14.4 Å². The van der Waals surface area contributed by atoms with Gasteiger partial charge in [-0.15, -0.1) is 0 Å². The molecule has 1 aromatic rings. The Balaban J connectivity index is 2.12. The van der Waals surface area contributed by atoms with Crippen LogP contribution >= 0.6 is 0 Å². The van der Waals surface area contributed by atoms with Crippen LogP contribution in [-0.4, -0.2) is 55.0 Å².